The maximum absolute atomic E-state index is 10.8. The highest BCUT2D eigenvalue weighted by Gasteiger charge is 2.35. The monoisotopic (exact) mass is 181 g/mol. The van der Waals surface area contributed by atoms with E-state index in [4.69, 9.17) is 4.74 Å². The fourth-order valence-corrected chi connectivity index (χ4v) is 1.38. The summed E-state index contributed by atoms with van der Waals surface area (Å²) >= 11 is 0. The molecule has 0 bridgehead atoms. The van der Waals surface area contributed by atoms with Crippen molar-refractivity contribution in [3.8, 4) is 0 Å². The molecular formula is C10H15NO2. The molecule has 0 spiro atoms. The Morgan fingerprint density at radius 3 is 2.85 bits per heavy atom. The lowest BCUT2D eigenvalue weighted by atomic mass is 9.94. The zero-order valence-electron chi connectivity index (χ0n) is 7.71. The summed E-state index contributed by atoms with van der Waals surface area (Å²) in [6.45, 7) is 7.75. The van der Waals surface area contributed by atoms with Crippen LogP contribution in [0.15, 0.2) is 25.3 Å². The maximum atomic E-state index is 10.8. The van der Waals surface area contributed by atoms with Crippen LogP contribution in [0.1, 0.15) is 19.3 Å². The van der Waals surface area contributed by atoms with Crippen molar-refractivity contribution in [3.63, 3.8) is 0 Å². The van der Waals surface area contributed by atoms with Crippen LogP contribution in [0.25, 0.3) is 0 Å². The molecule has 13 heavy (non-hydrogen) atoms. The molecule has 0 aromatic carbocycles. The van der Waals surface area contributed by atoms with Crippen molar-refractivity contribution >= 4 is 6.09 Å². The summed E-state index contributed by atoms with van der Waals surface area (Å²) < 4.78 is 4.84. The van der Waals surface area contributed by atoms with Gasteiger partial charge in [0.25, 0.3) is 0 Å². The third-order valence-corrected chi connectivity index (χ3v) is 2.23. The zero-order valence-corrected chi connectivity index (χ0v) is 7.71. The molecule has 0 aliphatic carbocycles. The van der Waals surface area contributed by atoms with E-state index in [2.05, 4.69) is 18.5 Å². The Balaban J connectivity index is 2.45. The summed E-state index contributed by atoms with van der Waals surface area (Å²) in [6.07, 6.45) is 6.06. The second kappa shape index (κ2) is 4.12. The second-order valence-corrected chi connectivity index (χ2v) is 3.24. The lowest BCUT2D eigenvalue weighted by Gasteiger charge is -2.21. The Bertz CT molecular complexity index is 225. The number of allylic oxidation sites excluding steroid dienone is 1. The number of carbonyl (C=O) groups is 1. The van der Waals surface area contributed by atoms with Gasteiger partial charge in [-0.05, 0) is 19.3 Å². The molecule has 1 amide bonds. The van der Waals surface area contributed by atoms with Crippen LogP contribution in [0.4, 0.5) is 4.79 Å². The van der Waals surface area contributed by atoms with Gasteiger partial charge in [-0.3, -0.25) is 0 Å². The number of rotatable bonds is 5. The fraction of sp³-hybridized carbons (Fsp3) is 0.500. The lowest BCUT2D eigenvalue weighted by Crippen LogP contribution is -2.41. The average Bonchev–Trinajstić information content (AvgIpc) is 2.49. The molecule has 1 N–H and O–H groups in total. The van der Waals surface area contributed by atoms with E-state index < -0.39 is 0 Å². The molecular weight excluding hydrogens is 166 g/mol. The molecule has 1 aliphatic rings. The number of ether oxygens (including phenoxy) is 1. The third kappa shape index (κ3) is 2.34. The van der Waals surface area contributed by atoms with Crippen molar-refractivity contribution in [2.24, 2.45) is 0 Å². The van der Waals surface area contributed by atoms with Gasteiger partial charge in [-0.1, -0.05) is 12.2 Å². The van der Waals surface area contributed by atoms with Crippen molar-refractivity contribution in [3.05, 3.63) is 25.3 Å². The van der Waals surface area contributed by atoms with Crippen LogP contribution in [0.3, 0.4) is 0 Å². The Hall–Kier alpha value is -1.25. The van der Waals surface area contributed by atoms with Crippen LogP contribution in [-0.4, -0.2) is 18.2 Å². The van der Waals surface area contributed by atoms with Gasteiger partial charge in [-0.25, -0.2) is 4.79 Å². The van der Waals surface area contributed by atoms with E-state index in [1.54, 1.807) is 6.08 Å². The Morgan fingerprint density at radius 2 is 2.38 bits per heavy atom. The maximum Gasteiger partial charge on any atom is 0.408 e. The third-order valence-electron chi connectivity index (χ3n) is 2.23. The van der Waals surface area contributed by atoms with Crippen LogP contribution in [0.5, 0.6) is 0 Å². The van der Waals surface area contributed by atoms with Crippen LogP contribution in [0.2, 0.25) is 0 Å². The number of unbranched alkanes of at least 4 members (excludes halogenated alkanes) is 1. The number of nitrogens with one attached hydrogen (secondary N) is 1. The van der Waals surface area contributed by atoms with Crippen molar-refractivity contribution < 1.29 is 9.53 Å². The van der Waals surface area contributed by atoms with Gasteiger partial charge in [0.05, 0.1) is 5.54 Å². The summed E-state index contributed by atoms with van der Waals surface area (Å²) in [5.41, 5.74) is -0.347. The molecule has 3 nitrogen and oxygen atoms in total. The first-order chi connectivity index (χ1) is 6.22. The van der Waals surface area contributed by atoms with E-state index in [1.165, 1.54) is 0 Å². The predicted octanol–water partition coefficient (Wildman–Crippen LogP) is 2.01. The van der Waals surface area contributed by atoms with E-state index in [0.29, 0.717) is 6.61 Å². The molecule has 0 aromatic rings. The number of cyclic esters (lactones) is 1. The first-order valence-electron chi connectivity index (χ1n) is 4.42. The lowest BCUT2D eigenvalue weighted by molar-refractivity contribution is 0.174. The molecule has 1 heterocycles. The van der Waals surface area contributed by atoms with Gasteiger partial charge < -0.3 is 10.1 Å². The second-order valence-electron chi connectivity index (χ2n) is 3.24. The van der Waals surface area contributed by atoms with Crippen LogP contribution in [0, 0.1) is 0 Å². The first kappa shape index (κ1) is 9.84. The van der Waals surface area contributed by atoms with Gasteiger partial charge in [0.1, 0.15) is 6.61 Å². The normalized spacial score (nSPS) is 26.3. The minimum absolute atomic E-state index is 0.347. The molecule has 72 valence electrons. The summed E-state index contributed by atoms with van der Waals surface area (Å²) in [5.74, 6) is 0. The topological polar surface area (TPSA) is 38.3 Å². The smallest absolute Gasteiger partial charge is 0.408 e. The molecule has 0 radical (unpaired) electrons. The minimum Gasteiger partial charge on any atom is -0.447 e. The Kier molecular flexibility index (Phi) is 3.12. The highest BCUT2D eigenvalue weighted by molar-refractivity contribution is 5.71. The summed E-state index contributed by atoms with van der Waals surface area (Å²) in [6, 6.07) is 0. The Labute approximate surface area is 78.5 Å². The summed E-state index contributed by atoms with van der Waals surface area (Å²) in [4.78, 5) is 10.8. The van der Waals surface area contributed by atoms with Crippen molar-refractivity contribution in [2.75, 3.05) is 6.61 Å². The van der Waals surface area contributed by atoms with Gasteiger partial charge >= 0.3 is 6.09 Å². The first-order valence-corrected chi connectivity index (χ1v) is 4.42. The fourth-order valence-electron chi connectivity index (χ4n) is 1.38. The van der Waals surface area contributed by atoms with E-state index in [1.807, 2.05) is 6.08 Å². The van der Waals surface area contributed by atoms with Gasteiger partial charge in [0.2, 0.25) is 0 Å². The zero-order chi connectivity index (χ0) is 9.73. The van der Waals surface area contributed by atoms with Crippen LogP contribution in [-0.2, 0) is 4.74 Å². The molecule has 1 rings (SSSR count). The number of amides is 1. The summed E-state index contributed by atoms with van der Waals surface area (Å²) in [7, 11) is 0. The summed E-state index contributed by atoms with van der Waals surface area (Å²) in [5, 5.41) is 2.76. The van der Waals surface area contributed by atoms with Crippen molar-refractivity contribution in [1.82, 2.24) is 5.32 Å². The molecule has 1 saturated heterocycles. The predicted molar refractivity (Wildman–Crippen MR) is 51.5 cm³/mol. The Morgan fingerprint density at radius 1 is 1.62 bits per heavy atom. The van der Waals surface area contributed by atoms with Gasteiger partial charge in [-0.15, -0.1) is 13.2 Å². The molecule has 3 heteroatoms. The van der Waals surface area contributed by atoms with Crippen LogP contribution < -0.4 is 5.32 Å². The van der Waals surface area contributed by atoms with E-state index >= 15 is 0 Å². The average molecular weight is 181 g/mol. The number of hydrogen-bond acceptors (Lipinski definition) is 2. The van der Waals surface area contributed by atoms with E-state index in [0.717, 1.165) is 19.3 Å². The standard InChI is InChI=1S/C10H15NO2/c1-3-5-6-7-10(4-2)8-13-9(12)11-10/h3-4H,1-2,5-8H2,(H,11,12). The minimum atomic E-state index is -0.349. The molecule has 1 atom stereocenters. The van der Waals surface area contributed by atoms with Gasteiger partial charge in [0.15, 0.2) is 0 Å². The SMILES string of the molecule is C=CCCCC1(C=C)COC(=O)N1. The quantitative estimate of drug-likeness (QED) is 0.520. The highest BCUT2D eigenvalue weighted by atomic mass is 16.6. The van der Waals surface area contributed by atoms with Crippen LogP contribution >= 0.6 is 0 Å². The molecule has 1 fully saturated rings. The largest absolute Gasteiger partial charge is 0.447 e. The molecule has 0 saturated carbocycles. The molecule has 0 aromatic heterocycles. The molecule has 1 aliphatic heterocycles. The van der Waals surface area contributed by atoms with Gasteiger partial charge in [-0.2, -0.15) is 0 Å². The van der Waals surface area contributed by atoms with E-state index in [-0.39, 0.29) is 11.6 Å². The van der Waals surface area contributed by atoms with Crippen molar-refractivity contribution in [1.29, 1.82) is 0 Å². The van der Waals surface area contributed by atoms with E-state index in [9.17, 15) is 4.79 Å². The molecule has 1 unspecified atom stereocenters. The number of carbonyl (C=O) groups excluding carboxylic acids is 1. The van der Waals surface area contributed by atoms with Crippen molar-refractivity contribution in [2.45, 2.75) is 24.8 Å². The number of alkyl carbamates (subject to hydrolysis) is 1. The highest BCUT2D eigenvalue weighted by Crippen LogP contribution is 2.21. The number of hydrogen-bond donors (Lipinski definition) is 1. The van der Waals surface area contributed by atoms with Gasteiger partial charge in [0, 0.05) is 0 Å².